The van der Waals surface area contributed by atoms with Crippen molar-refractivity contribution in [3.8, 4) is 5.13 Å². The van der Waals surface area contributed by atoms with Crippen molar-refractivity contribution in [2.75, 3.05) is 13.7 Å². The number of benzene rings is 1. The Labute approximate surface area is 188 Å². The number of thiazole rings is 1. The van der Waals surface area contributed by atoms with Gasteiger partial charge in [0.2, 0.25) is 0 Å². The summed E-state index contributed by atoms with van der Waals surface area (Å²) in [5, 5.41) is 2.98. The summed E-state index contributed by atoms with van der Waals surface area (Å²) in [6.45, 7) is 3.41. The number of nitrogens with zero attached hydrogens (tertiary/aromatic N) is 3. The molecule has 0 aliphatic heterocycles. The van der Waals surface area contributed by atoms with E-state index in [9.17, 15) is 14.0 Å². The van der Waals surface area contributed by atoms with Crippen molar-refractivity contribution < 1.29 is 18.7 Å². The van der Waals surface area contributed by atoms with Gasteiger partial charge in [-0.15, -0.1) is 11.3 Å². The largest absolute Gasteiger partial charge is 0.452 e. The van der Waals surface area contributed by atoms with E-state index >= 15 is 0 Å². The maximum Gasteiger partial charge on any atom is 0.331 e. The van der Waals surface area contributed by atoms with Crippen molar-refractivity contribution in [1.29, 1.82) is 0 Å². The fraction of sp³-hybridized carbons (Fsp3) is 0.227. The molecule has 31 heavy (non-hydrogen) atoms. The first-order valence-corrected chi connectivity index (χ1v) is 10.6. The molecule has 0 spiro atoms. The van der Waals surface area contributed by atoms with Crippen LogP contribution in [0.4, 0.5) is 4.39 Å². The van der Waals surface area contributed by atoms with Gasteiger partial charge in [-0.1, -0.05) is 17.7 Å². The van der Waals surface area contributed by atoms with Gasteiger partial charge in [-0.3, -0.25) is 9.36 Å². The molecule has 1 aromatic carbocycles. The van der Waals surface area contributed by atoms with Gasteiger partial charge < -0.3 is 9.64 Å². The fourth-order valence-corrected chi connectivity index (χ4v) is 4.01. The topological polar surface area (TPSA) is 64.4 Å². The molecular weight excluding hydrogens is 441 g/mol. The van der Waals surface area contributed by atoms with Crippen LogP contribution in [0.2, 0.25) is 5.02 Å². The van der Waals surface area contributed by atoms with E-state index in [4.69, 9.17) is 16.3 Å². The van der Waals surface area contributed by atoms with Crippen molar-refractivity contribution in [2.45, 2.75) is 20.4 Å². The van der Waals surface area contributed by atoms with E-state index in [-0.39, 0.29) is 17.1 Å². The van der Waals surface area contributed by atoms with Crippen LogP contribution in [0, 0.1) is 19.7 Å². The number of rotatable bonds is 7. The maximum atomic E-state index is 13.9. The molecule has 0 radical (unpaired) electrons. The molecule has 3 rings (SSSR count). The Morgan fingerprint density at radius 1 is 1.35 bits per heavy atom. The van der Waals surface area contributed by atoms with E-state index in [0.29, 0.717) is 0 Å². The Kier molecular flexibility index (Phi) is 7.25. The summed E-state index contributed by atoms with van der Waals surface area (Å²) < 4.78 is 20.9. The molecule has 0 aliphatic carbocycles. The lowest BCUT2D eigenvalue weighted by Crippen LogP contribution is -2.31. The van der Waals surface area contributed by atoms with Crippen LogP contribution in [-0.2, 0) is 20.9 Å². The third-order valence-corrected chi connectivity index (χ3v) is 5.81. The van der Waals surface area contributed by atoms with E-state index in [1.54, 1.807) is 18.3 Å². The van der Waals surface area contributed by atoms with E-state index in [1.165, 1.54) is 41.5 Å². The van der Waals surface area contributed by atoms with E-state index in [2.05, 4.69) is 4.98 Å². The molecule has 0 atom stereocenters. The van der Waals surface area contributed by atoms with Crippen LogP contribution < -0.4 is 0 Å². The fourth-order valence-electron chi connectivity index (χ4n) is 3.03. The lowest BCUT2D eigenvalue weighted by Gasteiger charge is -2.18. The molecule has 0 N–H and O–H groups in total. The predicted molar refractivity (Wildman–Crippen MR) is 119 cm³/mol. The second-order valence-corrected chi connectivity index (χ2v) is 8.15. The highest BCUT2D eigenvalue weighted by Gasteiger charge is 2.16. The average molecular weight is 462 g/mol. The summed E-state index contributed by atoms with van der Waals surface area (Å²) in [6.07, 6.45) is 4.65. The molecular formula is C22H21ClFN3O3S. The zero-order valence-corrected chi connectivity index (χ0v) is 18.8. The van der Waals surface area contributed by atoms with E-state index < -0.39 is 24.3 Å². The SMILES string of the molecule is Cc1cc(/C=C/C(=O)OCC(=O)N(C)Cc2c(F)cccc2Cl)c(C)n1-c1nccs1. The molecule has 0 saturated heterocycles. The number of carbonyl (C=O) groups is 2. The standard InChI is InChI=1S/C22H21ClFN3O3S/c1-14-11-16(15(2)27(14)22-25-9-10-31-22)7-8-21(29)30-13-20(28)26(3)12-17-18(23)5-4-6-19(17)24/h4-11H,12-13H2,1-3H3/b8-7+. The van der Waals surface area contributed by atoms with E-state index in [1.807, 2.05) is 29.9 Å². The normalized spacial score (nSPS) is 11.1. The molecule has 6 nitrogen and oxygen atoms in total. The minimum absolute atomic E-state index is 0.0273. The summed E-state index contributed by atoms with van der Waals surface area (Å²) in [6, 6.07) is 6.26. The number of likely N-dealkylation sites (N-methyl/N-ethyl adjacent to an activating group) is 1. The van der Waals surface area contributed by atoms with Crippen LogP contribution in [0.15, 0.2) is 41.9 Å². The summed E-state index contributed by atoms with van der Waals surface area (Å²) in [5.74, 6) is -1.62. The molecule has 0 unspecified atom stereocenters. The molecule has 0 aliphatic rings. The summed E-state index contributed by atoms with van der Waals surface area (Å²) in [7, 11) is 1.49. The van der Waals surface area contributed by atoms with Crippen molar-refractivity contribution in [1.82, 2.24) is 14.5 Å². The lowest BCUT2D eigenvalue weighted by molar-refractivity contribution is -0.147. The van der Waals surface area contributed by atoms with Crippen LogP contribution in [0.5, 0.6) is 0 Å². The predicted octanol–water partition coefficient (Wildman–Crippen LogP) is 4.56. The van der Waals surface area contributed by atoms with E-state index in [0.717, 1.165) is 22.1 Å². The molecule has 0 bridgehead atoms. The van der Waals surface area contributed by atoms with Gasteiger partial charge in [0.15, 0.2) is 11.7 Å². The number of aryl methyl sites for hydroxylation is 1. The minimum Gasteiger partial charge on any atom is -0.452 e. The Morgan fingerprint density at radius 3 is 2.81 bits per heavy atom. The van der Waals surface area contributed by atoms with Gasteiger partial charge in [-0.05, 0) is 43.7 Å². The number of amides is 1. The van der Waals surface area contributed by atoms with Gasteiger partial charge >= 0.3 is 5.97 Å². The molecule has 3 aromatic rings. The average Bonchev–Trinajstić information content (AvgIpc) is 3.34. The monoisotopic (exact) mass is 461 g/mol. The number of ether oxygens (including phenoxy) is 1. The Balaban J connectivity index is 1.57. The first-order valence-electron chi connectivity index (χ1n) is 9.38. The van der Waals surface area contributed by atoms with Gasteiger partial charge in [0.05, 0.1) is 0 Å². The highest BCUT2D eigenvalue weighted by atomic mass is 35.5. The first kappa shape index (κ1) is 22.7. The van der Waals surface area contributed by atoms with Crippen molar-refractivity contribution >= 4 is 40.9 Å². The zero-order valence-electron chi connectivity index (χ0n) is 17.3. The Hall–Kier alpha value is -2.97. The third kappa shape index (κ3) is 5.39. The smallest absolute Gasteiger partial charge is 0.331 e. The van der Waals surface area contributed by atoms with Gasteiger partial charge in [0.1, 0.15) is 5.82 Å². The number of carbonyl (C=O) groups excluding carboxylic acids is 2. The van der Waals surface area contributed by atoms with Crippen LogP contribution >= 0.6 is 22.9 Å². The molecule has 2 heterocycles. The van der Waals surface area contributed by atoms with Crippen molar-refractivity contribution in [3.63, 3.8) is 0 Å². The number of hydrogen-bond acceptors (Lipinski definition) is 5. The lowest BCUT2D eigenvalue weighted by atomic mass is 10.2. The van der Waals surface area contributed by atoms with Crippen molar-refractivity contribution in [3.05, 3.63) is 75.3 Å². The van der Waals surface area contributed by atoms with Crippen LogP contribution in [0.25, 0.3) is 11.2 Å². The van der Waals surface area contributed by atoms with Gasteiger partial charge in [-0.25, -0.2) is 14.2 Å². The molecule has 2 aromatic heterocycles. The third-order valence-electron chi connectivity index (χ3n) is 4.70. The second kappa shape index (κ2) is 9.89. The zero-order chi connectivity index (χ0) is 22.5. The van der Waals surface area contributed by atoms with Crippen LogP contribution in [0.1, 0.15) is 22.5 Å². The van der Waals surface area contributed by atoms with Gasteiger partial charge in [0, 0.05) is 53.2 Å². The molecule has 0 saturated carbocycles. The Morgan fingerprint density at radius 2 is 2.13 bits per heavy atom. The number of halogens is 2. The van der Waals surface area contributed by atoms with Gasteiger partial charge in [-0.2, -0.15) is 0 Å². The highest BCUT2D eigenvalue weighted by molar-refractivity contribution is 7.12. The Bertz CT molecular complexity index is 1110. The second-order valence-electron chi connectivity index (χ2n) is 6.87. The number of esters is 1. The summed E-state index contributed by atoms with van der Waals surface area (Å²) in [5.41, 5.74) is 2.99. The molecule has 0 fully saturated rings. The maximum absolute atomic E-state index is 13.9. The van der Waals surface area contributed by atoms with Crippen LogP contribution in [-0.4, -0.2) is 40.0 Å². The summed E-state index contributed by atoms with van der Waals surface area (Å²) >= 11 is 7.51. The summed E-state index contributed by atoms with van der Waals surface area (Å²) in [4.78, 5) is 29.9. The number of aromatic nitrogens is 2. The molecule has 162 valence electrons. The number of hydrogen-bond donors (Lipinski definition) is 0. The molecule has 1 amide bonds. The first-order chi connectivity index (χ1) is 14.8. The quantitative estimate of drug-likeness (QED) is 0.382. The van der Waals surface area contributed by atoms with Crippen LogP contribution in [0.3, 0.4) is 0 Å². The van der Waals surface area contributed by atoms with Crippen molar-refractivity contribution in [2.24, 2.45) is 0 Å². The van der Waals surface area contributed by atoms with Gasteiger partial charge in [0.25, 0.3) is 5.91 Å². The minimum atomic E-state index is -0.648. The molecule has 9 heteroatoms. The highest BCUT2D eigenvalue weighted by Crippen LogP contribution is 2.23.